The first-order valence-electron chi connectivity index (χ1n) is 25.6. The molecule has 4 heterocycles. The van der Waals surface area contributed by atoms with E-state index >= 15 is 4.39 Å². The number of alkyl halides is 6. The lowest BCUT2D eigenvalue weighted by Gasteiger charge is -2.35. The van der Waals surface area contributed by atoms with Gasteiger partial charge in [-0.3, -0.25) is 24.1 Å². The van der Waals surface area contributed by atoms with E-state index in [1.165, 1.54) is 19.9 Å². The molecule has 0 bridgehead atoms. The van der Waals surface area contributed by atoms with Crippen LogP contribution < -0.4 is 29.9 Å². The van der Waals surface area contributed by atoms with Gasteiger partial charge in [0.1, 0.15) is 34.5 Å². The van der Waals surface area contributed by atoms with Crippen LogP contribution in [-0.2, 0) is 38.0 Å². The number of carbonyl (C=O) groups is 4. The van der Waals surface area contributed by atoms with E-state index < -0.39 is 86.4 Å². The fourth-order valence-corrected chi connectivity index (χ4v) is 10.6. The third-order valence-corrected chi connectivity index (χ3v) is 14.8. The highest BCUT2D eigenvalue weighted by Crippen LogP contribution is 2.44. The zero-order valence-corrected chi connectivity index (χ0v) is 46.3. The molecule has 5 aromatic rings. The third kappa shape index (κ3) is 13.8. The standard InChI is InChI=1S/C56H59F7N8O7S2/c1-33-45(80-32-67-33)35-15-13-34(14-16-35)30-65-48(73)42-12-10-23-69(42)50(74)46(53(2,3)4)68-47(72)36-17-20-39(21-18-36)77-27-11-25-76-24-8-7-9-26-78-49-40(55(58,59)60)28-38(31-66-49)71-52(79)70(51(75)54(71,5)6)41-22-19-37(29-64)43(44(41)57)56(61,62)63/h13-22,28,31-32,42,46H,7-12,23-27,30H2,1-6H3,(H,65,73)(H,68,72). The molecule has 2 fully saturated rings. The van der Waals surface area contributed by atoms with Crippen LogP contribution in [0.15, 0.2) is 78.4 Å². The predicted molar refractivity (Wildman–Crippen MR) is 288 cm³/mol. The van der Waals surface area contributed by atoms with Gasteiger partial charge in [-0.25, -0.2) is 14.4 Å². The Balaban J connectivity index is 0.815. The second-order valence-electron chi connectivity index (χ2n) is 20.7. The molecule has 2 saturated heterocycles. The molecule has 0 radical (unpaired) electrons. The third-order valence-electron chi connectivity index (χ3n) is 13.5. The number of thiocarbonyl (C=S) groups is 1. The largest absolute Gasteiger partial charge is 0.494 e. The second kappa shape index (κ2) is 25.1. The summed E-state index contributed by atoms with van der Waals surface area (Å²) in [6.45, 7) is 11.5. The van der Waals surface area contributed by atoms with Gasteiger partial charge in [0, 0.05) is 38.3 Å². The number of pyridine rings is 1. The molecule has 80 heavy (non-hydrogen) atoms. The van der Waals surface area contributed by atoms with Crippen molar-refractivity contribution in [3.8, 4) is 28.1 Å². The van der Waals surface area contributed by atoms with Crippen LogP contribution in [0.25, 0.3) is 10.4 Å². The van der Waals surface area contributed by atoms with Gasteiger partial charge in [0.2, 0.25) is 17.7 Å². The summed E-state index contributed by atoms with van der Waals surface area (Å²) in [6, 6.07) is 16.1. The van der Waals surface area contributed by atoms with Gasteiger partial charge in [0.05, 0.1) is 58.5 Å². The lowest BCUT2D eigenvalue weighted by atomic mass is 9.85. The molecular formula is C56H59F7N8O7S2. The SMILES string of the molecule is Cc1ncsc1-c1ccc(CNC(=O)C2CCCN2C(=O)C(NC(=O)c2ccc(OCCCOCCCCCOc3ncc(N4C(=S)N(c5ccc(C#N)c(C(F)(F)F)c5F)C(=O)C4(C)C)cc3C(F)(F)F)cc2)C(C)(C)C)cc1. The van der Waals surface area contributed by atoms with E-state index in [1.54, 1.807) is 46.0 Å². The van der Waals surface area contributed by atoms with Crippen molar-refractivity contribution in [1.29, 1.82) is 5.26 Å². The van der Waals surface area contributed by atoms with Crippen LogP contribution in [0.1, 0.15) is 111 Å². The van der Waals surface area contributed by atoms with E-state index in [0.29, 0.717) is 99.8 Å². The van der Waals surface area contributed by atoms with Crippen LogP contribution in [-0.4, -0.2) is 94.2 Å². The number of likely N-dealkylation sites (tertiary alicyclic amines) is 1. The number of nitriles is 1. The summed E-state index contributed by atoms with van der Waals surface area (Å²) in [5, 5.41) is 14.4. The zero-order chi connectivity index (χ0) is 58.3. The first-order valence-corrected chi connectivity index (χ1v) is 26.9. The van der Waals surface area contributed by atoms with E-state index in [9.17, 15) is 45.5 Å². The number of aryl methyl sites for hydroxylation is 1. The summed E-state index contributed by atoms with van der Waals surface area (Å²) < 4.78 is 117. The maximum absolute atomic E-state index is 15.4. The van der Waals surface area contributed by atoms with E-state index in [1.807, 2.05) is 52.0 Å². The number of amides is 4. The van der Waals surface area contributed by atoms with Crippen LogP contribution in [0.4, 0.5) is 42.1 Å². The highest BCUT2D eigenvalue weighted by molar-refractivity contribution is 7.81. The first-order chi connectivity index (χ1) is 37.7. The predicted octanol–water partition coefficient (Wildman–Crippen LogP) is 11.0. The number of ether oxygens (including phenoxy) is 3. The van der Waals surface area contributed by atoms with Crippen molar-refractivity contribution in [1.82, 2.24) is 25.5 Å². The van der Waals surface area contributed by atoms with Crippen molar-refractivity contribution in [2.75, 3.05) is 42.8 Å². The average Bonchev–Trinajstić information content (AvgIpc) is 4.34. The minimum Gasteiger partial charge on any atom is -0.494 e. The van der Waals surface area contributed by atoms with Gasteiger partial charge in [-0.1, -0.05) is 45.0 Å². The number of aromatic nitrogens is 2. The van der Waals surface area contributed by atoms with E-state index in [-0.39, 0.29) is 24.1 Å². The number of halogens is 7. The summed E-state index contributed by atoms with van der Waals surface area (Å²) in [6.07, 6.45) is -6.28. The molecule has 7 rings (SSSR count). The molecule has 2 aromatic heterocycles. The van der Waals surface area contributed by atoms with Crippen LogP contribution in [0.5, 0.6) is 11.6 Å². The summed E-state index contributed by atoms with van der Waals surface area (Å²) in [5.41, 5.74) is -3.05. The Labute approximate surface area is 467 Å². The van der Waals surface area contributed by atoms with Crippen molar-refractivity contribution < 1.29 is 64.1 Å². The Bertz CT molecular complexity index is 3120. The number of thiazole rings is 1. The quantitative estimate of drug-likeness (QED) is 0.0404. The molecule has 0 saturated carbocycles. The van der Waals surface area contributed by atoms with Gasteiger partial charge in [-0.05, 0) is 124 Å². The van der Waals surface area contributed by atoms with Gasteiger partial charge < -0.3 is 34.6 Å². The molecule has 2 aliphatic heterocycles. The molecular weight excluding hydrogens is 1090 g/mol. The fraction of sp³-hybridized carbons (Fsp3) is 0.429. The number of benzene rings is 3. The van der Waals surface area contributed by atoms with Crippen LogP contribution in [0.2, 0.25) is 0 Å². The van der Waals surface area contributed by atoms with Gasteiger partial charge in [-0.2, -0.15) is 31.6 Å². The van der Waals surface area contributed by atoms with Gasteiger partial charge in [-0.15, -0.1) is 11.3 Å². The highest BCUT2D eigenvalue weighted by Gasteiger charge is 2.53. The minimum atomic E-state index is -5.32. The number of hydrogen-bond acceptors (Lipinski definition) is 12. The van der Waals surface area contributed by atoms with Gasteiger partial charge >= 0.3 is 12.4 Å². The number of nitrogens with zero attached hydrogens (tertiary/aromatic N) is 6. The highest BCUT2D eigenvalue weighted by atomic mass is 32.1. The van der Waals surface area contributed by atoms with Crippen molar-refractivity contribution >= 4 is 63.7 Å². The number of nitrogens with one attached hydrogen (secondary N) is 2. The Kier molecular flexibility index (Phi) is 18.9. The average molecular weight is 1150 g/mol. The number of hydrogen-bond donors (Lipinski definition) is 2. The van der Waals surface area contributed by atoms with Crippen molar-refractivity contribution in [2.24, 2.45) is 5.41 Å². The maximum Gasteiger partial charge on any atom is 0.421 e. The lowest BCUT2D eigenvalue weighted by molar-refractivity contribution is -0.142. The normalized spacial score (nSPS) is 15.9. The van der Waals surface area contributed by atoms with Crippen LogP contribution in [0.3, 0.4) is 0 Å². The molecule has 2 N–H and O–H groups in total. The van der Waals surface area contributed by atoms with E-state index in [4.69, 9.17) is 31.7 Å². The molecule has 2 aliphatic rings. The van der Waals surface area contributed by atoms with Crippen molar-refractivity contribution in [2.45, 2.75) is 117 Å². The van der Waals surface area contributed by atoms with Gasteiger partial charge in [0.15, 0.2) is 10.9 Å². The van der Waals surface area contributed by atoms with E-state index in [2.05, 4.69) is 20.6 Å². The second-order valence-corrected chi connectivity index (χ2v) is 21.9. The van der Waals surface area contributed by atoms with Crippen LogP contribution in [0, 0.1) is 29.5 Å². The summed E-state index contributed by atoms with van der Waals surface area (Å²) in [5.74, 6) is -4.30. The Morgan fingerprint density at radius 1 is 0.900 bits per heavy atom. The fourth-order valence-electron chi connectivity index (χ4n) is 9.23. The summed E-state index contributed by atoms with van der Waals surface area (Å²) >= 11 is 6.92. The first kappa shape index (κ1) is 60.4. The molecule has 0 spiro atoms. The molecule has 426 valence electrons. The monoisotopic (exact) mass is 1150 g/mol. The topological polar surface area (TPSA) is 179 Å². The Hall–Kier alpha value is -7.23. The molecule has 15 nitrogen and oxygen atoms in total. The lowest BCUT2D eigenvalue weighted by Crippen LogP contribution is -2.57. The van der Waals surface area contributed by atoms with E-state index in [0.717, 1.165) is 38.9 Å². The molecule has 2 unspecified atom stereocenters. The number of unbranched alkanes of at least 4 members (excludes halogenated alkanes) is 2. The minimum absolute atomic E-state index is 0.149. The van der Waals surface area contributed by atoms with Crippen molar-refractivity contribution in [3.63, 3.8) is 0 Å². The maximum atomic E-state index is 15.4. The van der Waals surface area contributed by atoms with Crippen molar-refractivity contribution in [3.05, 3.63) is 118 Å². The molecule has 24 heteroatoms. The molecule has 2 atom stereocenters. The summed E-state index contributed by atoms with van der Waals surface area (Å²) in [7, 11) is 0. The number of anilines is 2. The number of carbonyl (C=O) groups excluding carboxylic acids is 4. The smallest absolute Gasteiger partial charge is 0.421 e. The number of rotatable bonds is 21. The Morgan fingerprint density at radius 2 is 1.57 bits per heavy atom. The molecule has 3 aromatic carbocycles. The van der Waals surface area contributed by atoms with Gasteiger partial charge in [0.25, 0.3) is 11.8 Å². The summed E-state index contributed by atoms with van der Waals surface area (Å²) in [4.78, 5) is 66.9. The zero-order valence-electron chi connectivity index (χ0n) is 44.6. The molecule has 0 aliphatic carbocycles. The van der Waals surface area contributed by atoms with Crippen LogP contribution >= 0.6 is 23.6 Å². The molecule has 4 amide bonds. The Morgan fingerprint density at radius 3 is 2.21 bits per heavy atom.